The lowest BCUT2D eigenvalue weighted by Crippen LogP contribution is -2.25. The number of para-hydroxylation sites is 1. The molecule has 3 rings (SSSR count). The SMILES string of the molecule is O=C(/C=C/c1ccccc1)CC(CC(=S)Cc1cccc2cccnc12)C(Cl)(Cl)Cl. The van der Waals surface area contributed by atoms with Crippen molar-refractivity contribution in [2.75, 3.05) is 0 Å². The zero-order chi connectivity index (χ0) is 21.6. The van der Waals surface area contributed by atoms with Gasteiger partial charge in [-0.3, -0.25) is 9.78 Å². The zero-order valence-corrected chi connectivity index (χ0v) is 19.2. The summed E-state index contributed by atoms with van der Waals surface area (Å²) >= 11 is 24.2. The minimum Gasteiger partial charge on any atom is -0.295 e. The Hall–Kier alpha value is -1.78. The van der Waals surface area contributed by atoms with Gasteiger partial charge in [-0.2, -0.15) is 0 Å². The molecule has 0 amide bonds. The van der Waals surface area contributed by atoms with E-state index in [2.05, 4.69) is 4.98 Å². The molecule has 30 heavy (non-hydrogen) atoms. The Morgan fingerprint density at radius 2 is 1.73 bits per heavy atom. The highest BCUT2D eigenvalue weighted by Gasteiger charge is 2.34. The number of aromatic nitrogens is 1. The first-order chi connectivity index (χ1) is 14.3. The predicted molar refractivity (Wildman–Crippen MR) is 132 cm³/mol. The summed E-state index contributed by atoms with van der Waals surface area (Å²) in [5.41, 5.74) is 2.88. The molecule has 2 aromatic carbocycles. The Morgan fingerprint density at radius 1 is 1.00 bits per heavy atom. The minimum absolute atomic E-state index is 0.105. The van der Waals surface area contributed by atoms with E-state index in [9.17, 15) is 4.79 Å². The number of rotatable bonds is 8. The number of ketones is 1. The molecule has 0 radical (unpaired) electrons. The summed E-state index contributed by atoms with van der Waals surface area (Å²) in [6, 6.07) is 19.5. The molecule has 0 saturated heterocycles. The van der Waals surface area contributed by atoms with Crippen LogP contribution in [0.2, 0.25) is 0 Å². The summed E-state index contributed by atoms with van der Waals surface area (Å²) in [4.78, 5) is 17.7. The topological polar surface area (TPSA) is 30.0 Å². The van der Waals surface area contributed by atoms with E-state index in [0.717, 1.165) is 26.9 Å². The number of allylic oxidation sites excluding steroid dienone is 1. The Labute approximate surface area is 196 Å². The van der Waals surface area contributed by atoms with Crippen LogP contribution in [0.1, 0.15) is 24.0 Å². The van der Waals surface area contributed by atoms with E-state index >= 15 is 0 Å². The second-order valence-electron chi connectivity index (χ2n) is 7.06. The predicted octanol–water partition coefficient (Wildman–Crippen LogP) is 7.20. The molecule has 0 spiro atoms. The van der Waals surface area contributed by atoms with Crippen molar-refractivity contribution in [1.29, 1.82) is 0 Å². The van der Waals surface area contributed by atoms with Crippen LogP contribution in [0.4, 0.5) is 0 Å². The number of carbonyl (C=O) groups excluding carboxylic acids is 1. The summed E-state index contributed by atoms with van der Waals surface area (Å²) < 4.78 is -1.59. The third-order valence-electron chi connectivity index (χ3n) is 4.75. The number of carbonyl (C=O) groups is 1. The molecule has 154 valence electrons. The number of alkyl halides is 3. The standard InChI is InChI=1S/C24H20Cl3NOS/c25-24(26,27)20(15-21(29)12-11-17-6-2-1-3-7-17)16-22(30)14-19-9-4-8-18-10-5-13-28-23(18)19/h1-13,20H,14-16H2/b12-11+. The quantitative estimate of drug-likeness (QED) is 0.196. The van der Waals surface area contributed by atoms with Gasteiger partial charge in [-0.25, -0.2) is 0 Å². The fourth-order valence-electron chi connectivity index (χ4n) is 3.24. The Bertz CT molecular complexity index is 1060. The summed E-state index contributed by atoms with van der Waals surface area (Å²) in [5.74, 6) is -0.615. The van der Waals surface area contributed by atoms with Crippen LogP contribution >= 0.6 is 47.0 Å². The Balaban J connectivity index is 1.68. The number of fused-ring (bicyclic) bond motifs is 1. The van der Waals surface area contributed by atoms with Crippen LogP contribution in [0.5, 0.6) is 0 Å². The summed E-state index contributed by atoms with van der Waals surface area (Å²) in [7, 11) is 0. The summed E-state index contributed by atoms with van der Waals surface area (Å²) in [6.45, 7) is 0. The van der Waals surface area contributed by atoms with Gasteiger partial charge < -0.3 is 0 Å². The van der Waals surface area contributed by atoms with E-state index < -0.39 is 9.71 Å². The monoisotopic (exact) mass is 475 g/mol. The molecule has 1 unspecified atom stereocenters. The van der Waals surface area contributed by atoms with Gasteiger partial charge in [-0.1, -0.05) is 108 Å². The van der Waals surface area contributed by atoms with E-state index in [0.29, 0.717) is 12.8 Å². The number of benzene rings is 2. The summed E-state index contributed by atoms with van der Waals surface area (Å²) in [5, 5.41) is 1.05. The molecule has 0 aliphatic carbocycles. The van der Waals surface area contributed by atoms with E-state index in [1.54, 1.807) is 12.3 Å². The van der Waals surface area contributed by atoms with E-state index in [1.165, 1.54) is 6.08 Å². The lowest BCUT2D eigenvalue weighted by Gasteiger charge is -2.24. The van der Waals surface area contributed by atoms with Crippen LogP contribution < -0.4 is 0 Å². The van der Waals surface area contributed by atoms with Gasteiger partial charge in [0.15, 0.2) is 9.58 Å². The van der Waals surface area contributed by atoms with E-state index in [4.69, 9.17) is 47.0 Å². The number of halogens is 3. The number of hydrogen-bond acceptors (Lipinski definition) is 3. The molecule has 1 aromatic heterocycles. The van der Waals surface area contributed by atoms with Crippen LogP contribution in [0.25, 0.3) is 17.0 Å². The fourth-order valence-corrected chi connectivity index (χ4v) is 4.06. The molecule has 0 bridgehead atoms. The van der Waals surface area contributed by atoms with Gasteiger partial charge in [-0.15, -0.1) is 0 Å². The second-order valence-corrected chi connectivity index (χ2v) is 10.0. The molecular formula is C24H20Cl3NOS. The van der Waals surface area contributed by atoms with Crippen molar-refractivity contribution in [3.05, 3.63) is 84.1 Å². The summed E-state index contributed by atoms with van der Waals surface area (Å²) in [6.07, 6.45) is 6.05. The van der Waals surface area contributed by atoms with Crippen molar-refractivity contribution < 1.29 is 4.79 Å². The molecule has 1 atom stereocenters. The van der Waals surface area contributed by atoms with Crippen LogP contribution in [0.3, 0.4) is 0 Å². The Kier molecular flexibility index (Phi) is 8.01. The average molecular weight is 477 g/mol. The van der Waals surface area contributed by atoms with Crippen molar-refractivity contribution >= 4 is 74.6 Å². The normalized spacial score (nSPS) is 12.9. The van der Waals surface area contributed by atoms with Gasteiger partial charge in [0, 0.05) is 30.3 Å². The zero-order valence-electron chi connectivity index (χ0n) is 16.1. The molecule has 0 saturated carbocycles. The molecule has 0 aliphatic rings. The maximum atomic E-state index is 12.5. The molecule has 1 heterocycles. The lowest BCUT2D eigenvalue weighted by atomic mass is 9.94. The Morgan fingerprint density at radius 3 is 2.47 bits per heavy atom. The van der Waals surface area contributed by atoms with Crippen LogP contribution in [0.15, 0.2) is 72.9 Å². The number of thiocarbonyl (C=S) groups is 1. The molecule has 0 N–H and O–H groups in total. The number of nitrogens with zero attached hydrogens (tertiary/aromatic N) is 1. The molecular weight excluding hydrogens is 457 g/mol. The lowest BCUT2D eigenvalue weighted by molar-refractivity contribution is -0.115. The molecule has 2 nitrogen and oxygen atoms in total. The highest BCUT2D eigenvalue weighted by Crippen LogP contribution is 2.40. The van der Waals surface area contributed by atoms with Crippen LogP contribution in [0, 0.1) is 5.92 Å². The van der Waals surface area contributed by atoms with Gasteiger partial charge in [0.2, 0.25) is 0 Å². The van der Waals surface area contributed by atoms with Crippen LogP contribution in [-0.2, 0) is 11.2 Å². The van der Waals surface area contributed by atoms with Crippen LogP contribution in [-0.4, -0.2) is 19.4 Å². The first-order valence-electron chi connectivity index (χ1n) is 9.50. The average Bonchev–Trinajstić information content (AvgIpc) is 2.72. The molecule has 6 heteroatoms. The van der Waals surface area contributed by atoms with Crippen molar-refractivity contribution in [1.82, 2.24) is 4.98 Å². The fraction of sp³-hybridized carbons (Fsp3) is 0.208. The minimum atomic E-state index is -1.59. The molecule has 0 aliphatic heterocycles. The van der Waals surface area contributed by atoms with Gasteiger partial charge in [0.25, 0.3) is 0 Å². The van der Waals surface area contributed by atoms with Gasteiger partial charge in [0.1, 0.15) is 0 Å². The van der Waals surface area contributed by atoms with E-state index in [-0.39, 0.29) is 12.2 Å². The van der Waals surface area contributed by atoms with Crippen molar-refractivity contribution in [2.24, 2.45) is 5.92 Å². The second kappa shape index (κ2) is 10.5. The maximum absolute atomic E-state index is 12.5. The molecule has 3 aromatic rings. The van der Waals surface area contributed by atoms with Crippen molar-refractivity contribution in [3.63, 3.8) is 0 Å². The van der Waals surface area contributed by atoms with Crippen molar-refractivity contribution in [3.8, 4) is 0 Å². The first-order valence-corrected chi connectivity index (χ1v) is 11.0. The smallest absolute Gasteiger partial charge is 0.194 e. The van der Waals surface area contributed by atoms with Crippen molar-refractivity contribution in [2.45, 2.75) is 23.1 Å². The third kappa shape index (κ3) is 6.61. The van der Waals surface area contributed by atoms with Gasteiger partial charge in [0.05, 0.1) is 5.52 Å². The number of pyridine rings is 1. The first kappa shape index (κ1) is 22.9. The largest absolute Gasteiger partial charge is 0.295 e. The maximum Gasteiger partial charge on any atom is 0.194 e. The highest BCUT2D eigenvalue weighted by atomic mass is 35.6. The third-order valence-corrected chi connectivity index (χ3v) is 5.99. The van der Waals surface area contributed by atoms with E-state index in [1.807, 2.05) is 60.7 Å². The molecule has 0 fully saturated rings. The van der Waals surface area contributed by atoms with Gasteiger partial charge >= 0.3 is 0 Å². The highest BCUT2D eigenvalue weighted by molar-refractivity contribution is 7.80. The van der Waals surface area contributed by atoms with Gasteiger partial charge in [-0.05, 0) is 34.6 Å². The number of hydrogen-bond donors (Lipinski definition) is 0.